The molecular weight excluding hydrogens is 214 g/mol. The molecule has 0 aliphatic rings. The Morgan fingerprint density at radius 2 is 2.29 bits per heavy atom. The smallest absolute Gasteiger partial charge is 0.175 e. The van der Waals surface area contributed by atoms with Crippen LogP contribution in [-0.2, 0) is 0 Å². The molecule has 0 unspecified atom stereocenters. The van der Waals surface area contributed by atoms with E-state index in [4.69, 9.17) is 10.5 Å². The molecule has 1 aromatic heterocycles. The number of anilines is 1. The minimum absolute atomic E-state index is 0.675. The molecule has 0 aliphatic carbocycles. The van der Waals surface area contributed by atoms with Crippen LogP contribution in [-0.4, -0.2) is 6.61 Å². The van der Waals surface area contributed by atoms with Crippen molar-refractivity contribution in [1.29, 1.82) is 0 Å². The molecule has 14 heavy (non-hydrogen) atoms. The predicted octanol–water partition coefficient (Wildman–Crippen LogP) is 3.17. The molecule has 74 valence electrons. The van der Waals surface area contributed by atoms with Gasteiger partial charge in [-0.3, -0.25) is 0 Å². The van der Waals surface area contributed by atoms with Crippen molar-refractivity contribution in [2.45, 2.75) is 11.8 Å². The van der Waals surface area contributed by atoms with E-state index in [9.17, 15) is 0 Å². The fourth-order valence-corrected chi connectivity index (χ4v) is 2.67. The minimum atomic E-state index is 0.675. The minimum Gasteiger partial charge on any atom is -0.484 e. The highest BCUT2D eigenvalue weighted by molar-refractivity contribution is 7.80. The average molecular weight is 225 g/mol. The molecule has 0 atom stereocenters. The van der Waals surface area contributed by atoms with E-state index in [-0.39, 0.29) is 0 Å². The molecule has 0 saturated carbocycles. The Balaban J connectivity index is 2.63. The van der Waals surface area contributed by atoms with Crippen LogP contribution in [0.1, 0.15) is 6.92 Å². The van der Waals surface area contributed by atoms with Gasteiger partial charge in [0, 0.05) is 22.0 Å². The fraction of sp³-hybridized carbons (Fsp3) is 0.200. The predicted molar refractivity (Wildman–Crippen MR) is 64.7 cm³/mol. The standard InChI is InChI=1S/C10H11NOS2/c1-2-12-9-5-6-7(11)3-4-8(13)10(6)14-9/h3-5,13H,2,11H2,1H3. The van der Waals surface area contributed by atoms with Gasteiger partial charge < -0.3 is 10.5 Å². The summed E-state index contributed by atoms with van der Waals surface area (Å²) in [6.45, 7) is 2.64. The van der Waals surface area contributed by atoms with Crippen LogP contribution in [0.5, 0.6) is 5.06 Å². The molecule has 0 saturated heterocycles. The Bertz CT molecular complexity index is 425. The molecule has 4 heteroatoms. The van der Waals surface area contributed by atoms with Crippen molar-refractivity contribution in [2.24, 2.45) is 0 Å². The van der Waals surface area contributed by atoms with E-state index < -0.39 is 0 Å². The summed E-state index contributed by atoms with van der Waals surface area (Å²) < 4.78 is 6.52. The van der Waals surface area contributed by atoms with E-state index in [0.29, 0.717) is 6.61 Å². The number of nitrogen functional groups attached to an aromatic ring is 1. The normalized spacial score (nSPS) is 10.7. The van der Waals surface area contributed by atoms with Gasteiger partial charge in [0.25, 0.3) is 0 Å². The van der Waals surface area contributed by atoms with E-state index in [1.165, 1.54) is 0 Å². The molecule has 0 amide bonds. The highest BCUT2D eigenvalue weighted by Crippen LogP contribution is 2.38. The lowest BCUT2D eigenvalue weighted by Gasteiger charge is -1.96. The van der Waals surface area contributed by atoms with Gasteiger partial charge in [-0.15, -0.1) is 12.6 Å². The number of hydrogen-bond acceptors (Lipinski definition) is 4. The zero-order valence-electron chi connectivity index (χ0n) is 7.78. The molecule has 0 spiro atoms. The molecule has 0 bridgehead atoms. The summed E-state index contributed by atoms with van der Waals surface area (Å²) in [5.74, 6) is 0. The maximum absolute atomic E-state index is 5.85. The van der Waals surface area contributed by atoms with Crippen LogP contribution in [0.2, 0.25) is 0 Å². The van der Waals surface area contributed by atoms with Crippen LogP contribution in [0.3, 0.4) is 0 Å². The van der Waals surface area contributed by atoms with E-state index in [2.05, 4.69) is 12.6 Å². The summed E-state index contributed by atoms with van der Waals surface area (Å²) in [6.07, 6.45) is 0. The summed E-state index contributed by atoms with van der Waals surface area (Å²) in [4.78, 5) is 0.949. The second-order valence-electron chi connectivity index (χ2n) is 2.92. The molecule has 2 rings (SSSR count). The molecule has 2 aromatic rings. The van der Waals surface area contributed by atoms with Gasteiger partial charge in [-0.2, -0.15) is 0 Å². The lowest BCUT2D eigenvalue weighted by molar-refractivity contribution is 0.350. The van der Waals surface area contributed by atoms with E-state index in [0.717, 1.165) is 25.7 Å². The molecular formula is C10H11NOS2. The summed E-state index contributed by atoms with van der Waals surface area (Å²) in [5, 5.41) is 1.93. The van der Waals surface area contributed by atoms with Gasteiger partial charge in [0.2, 0.25) is 0 Å². The fourth-order valence-electron chi connectivity index (χ4n) is 1.32. The van der Waals surface area contributed by atoms with Crippen molar-refractivity contribution in [1.82, 2.24) is 0 Å². The van der Waals surface area contributed by atoms with Crippen molar-refractivity contribution in [2.75, 3.05) is 12.3 Å². The third-order valence-electron chi connectivity index (χ3n) is 1.96. The lowest BCUT2D eigenvalue weighted by atomic mass is 10.2. The molecule has 0 fully saturated rings. The van der Waals surface area contributed by atoms with Crippen molar-refractivity contribution in [3.8, 4) is 5.06 Å². The summed E-state index contributed by atoms with van der Waals surface area (Å²) in [5.41, 5.74) is 6.63. The average Bonchev–Trinajstić information content (AvgIpc) is 2.57. The molecule has 0 radical (unpaired) electrons. The Labute approximate surface area is 92.1 Å². The highest BCUT2D eigenvalue weighted by Gasteiger charge is 2.07. The van der Waals surface area contributed by atoms with Crippen LogP contribution in [0, 0.1) is 0 Å². The van der Waals surface area contributed by atoms with Crippen LogP contribution < -0.4 is 10.5 Å². The molecule has 2 N–H and O–H groups in total. The molecule has 1 aromatic carbocycles. The van der Waals surface area contributed by atoms with Crippen molar-refractivity contribution in [3.05, 3.63) is 18.2 Å². The second-order valence-corrected chi connectivity index (χ2v) is 4.41. The highest BCUT2D eigenvalue weighted by atomic mass is 32.1. The van der Waals surface area contributed by atoms with E-state index in [1.807, 2.05) is 25.1 Å². The number of nitrogens with two attached hydrogens (primary N) is 1. The topological polar surface area (TPSA) is 35.2 Å². The van der Waals surface area contributed by atoms with Gasteiger partial charge in [-0.05, 0) is 19.1 Å². The number of rotatable bonds is 2. The maximum atomic E-state index is 5.85. The van der Waals surface area contributed by atoms with Crippen LogP contribution in [0.4, 0.5) is 5.69 Å². The number of thiol groups is 1. The number of fused-ring (bicyclic) bond motifs is 1. The Morgan fingerprint density at radius 3 is 2.93 bits per heavy atom. The first-order valence-electron chi connectivity index (χ1n) is 4.36. The zero-order valence-corrected chi connectivity index (χ0v) is 9.49. The van der Waals surface area contributed by atoms with Crippen LogP contribution in [0.15, 0.2) is 23.1 Å². The van der Waals surface area contributed by atoms with Crippen molar-refractivity contribution in [3.63, 3.8) is 0 Å². The number of benzene rings is 1. The SMILES string of the molecule is CCOc1cc2c(N)ccc(S)c2s1. The van der Waals surface area contributed by atoms with Gasteiger partial charge in [-0.25, -0.2) is 0 Å². The van der Waals surface area contributed by atoms with Crippen LogP contribution in [0.25, 0.3) is 10.1 Å². The van der Waals surface area contributed by atoms with Crippen LogP contribution >= 0.6 is 24.0 Å². The van der Waals surface area contributed by atoms with Crippen molar-refractivity contribution < 1.29 is 4.74 Å². The summed E-state index contributed by atoms with van der Waals surface area (Å²) in [6, 6.07) is 5.75. The number of hydrogen-bond donors (Lipinski definition) is 2. The van der Waals surface area contributed by atoms with Gasteiger partial charge in [0.05, 0.1) is 11.3 Å². The third-order valence-corrected chi connectivity index (χ3v) is 3.57. The molecule has 1 heterocycles. The zero-order chi connectivity index (χ0) is 10.1. The van der Waals surface area contributed by atoms with Gasteiger partial charge >= 0.3 is 0 Å². The maximum Gasteiger partial charge on any atom is 0.175 e. The first-order valence-corrected chi connectivity index (χ1v) is 5.62. The Kier molecular flexibility index (Phi) is 2.56. The summed E-state index contributed by atoms with van der Waals surface area (Å²) >= 11 is 5.96. The first kappa shape index (κ1) is 9.68. The summed E-state index contributed by atoms with van der Waals surface area (Å²) in [7, 11) is 0. The molecule has 2 nitrogen and oxygen atoms in total. The van der Waals surface area contributed by atoms with Crippen molar-refractivity contribution >= 4 is 39.7 Å². The largest absolute Gasteiger partial charge is 0.484 e. The monoisotopic (exact) mass is 225 g/mol. The molecule has 0 aliphatic heterocycles. The quantitative estimate of drug-likeness (QED) is 0.608. The Morgan fingerprint density at radius 1 is 1.50 bits per heavy atom. The number of thiophene rings is 1. The lowest BCUT2D eigenvalue weighted by Crippen LogP contribution is -1.87. The van der Waals surface area contributed by atoms with Gasteiger partial charge in [0.15, 0.2) is 5.06 Å². The second kappa shape index (κ2) is 3.71. The van der Waals surface area contributed by atoms with Gasteiger partial charge in [-0.1, -0.05) is 11.3 Å². The first-order chi connectivity index (χ1) is 6.72. The Hall–Kier alpha value is -0.870. The third kappa shape index (κ3) is 1.55. The van der Waals surface area contributed by atoms with Gasteiger partial charge in [0.1, 0.15) is 0 Å². The number of ether oxygens (including phenoxy) is 1. The van der Waals surface area contributed by atoms with E-state index >= 15 is 0 Å². The van der Waals surface area contributed by atoms with E-state index in [1.54, 1.807) is 11.3 Å².